The van der Waals surface area contributed by atoms with E-state index in [2.05, 4.69) is 0 Å². The molecule has 19 heavy (non-hydrogen) atoms. The van der Waals surface area contributed by atoms with Crippen molar-refractivity contribution in [2.24, 2.45) is 5.73 Å². The molecule has 0 aliphatic heterocycles. The van der Waals surface area contributed by atoms with Crippen LogP contribution >= 0.6 is 27.0 Å². The van der Waals surface area contributed by atoms with Gasteiger partial charge in [-0.25, -0.2) is 0 Å². The highest BCUT2D eigenvalue weighted by atomic mass is 32.2. The molecule has 0 aromatic heterocycles. The van der Waals surface area contributed by atoms with Gasteiger partial charge in [0.25, 0.3) is 0 Å². The highest BCUT2D eigenvalue weighted by Crippen LogP contribution is 2.66. The van der Waals surface area contributed by atoms with E-state index in [1.165, 1.54) is 0 Å². The quantitative estimate of drug-likeness (QED) is 0.399. The summed E-state index contributed by atoms with van der Waals surface area (Å²) in [7, 11) is -10.3. The van der Waals surface area contributed by atoms with Crippen molar-refractivity contribution in [1.29, 1.82) is 0 Å². The maximum atomic E-state index is 11.2. The Morgan fingerprint density at radius 1 is 1.11 bits per heavy atom. The molecule has 0 spiro atoms. The molecule has 0 saturated heterocycles. The Kier molecular flexibility index (Phi) is 5.04. The van der Waals surface area contributed by atoms with E-state index in [1.807, 2.05) is 6.92 Å². The number of hydrogen-bond donors (Lipinski definition) is 5. The third-order valence-electron chi connectivity index (χ3n) is 2.48. The van der Waals surface area contributed by atoms with Crippen LogP contribution in [-0.4, -0.2) is 30.3 Å². The minimum absolute atomic E-state index is 0.593. The summed E-state index contributed by atoms with van der Waals surface area (Å²) < 4.78 is 22.5. The van der Waals surface area contributed by atoms with Crippen LogP contribution in [0.25, 0.3) is 0 Å². The molecule has 0 bridgehead atoms. The highest BCUT2D eigenvalue weighted by molar-refractivity contribution is 8.00. The lowest BCUT2D eigenvalue weighted by molar-refractivity contribution is 0.316. The molecular weight excluding hydrogens is 312 g/mol. The topological polar surface area (TPSA) is 141 Å². The summed E-state index contributed by atoms with van der Waals surface area (Å²) in [4.78, 5) is 36.9. The van der Waals surface area contributed by atoms with Crippen molar-refractivity contribution in [3.05, 3.63) is 29.8 Å². The van der Waals surface area contributed by atoms with Crippen LogP contribution in [0.15, 0.2) is 29.2 Å². The number of thioether (sulfide) groups is 1. The van der Waals surface area contributed by atoms with E-state index in [0.717, 1.165) is 17.3 Å². The van der Waals surface area contributed by atoms with Crippen molar-refractivity contribution in [1.82, 2.24) is 0 Å². The fraction of sp³-hybridized carbons (Fsp3) is 0.333. The second-order valence-electron chi connectivity index (χ2n) is 4.07. The van der Waals surface area contributed by atoms with Crippen LogP contribution in [0.2, 0.25) is 0 Å². The zero-order valence-electron chi connectivity index (χ0n) is 10.0. The third kappa shape index (κ3) is 3.90. The summed E-state index contributed by atoms with van der Waals surface area (Å²) in [6.07, 6.45) is 0. The molecule has 0 aliphatic carbocycles. The van der Waals surface area contributed by atoms with Gasteiger partial charge in [0.1, 0.15) is 0 Å². The van der Waals surface area contributed by atoms with Gasteiger partial charge in [0.05, 0.1) is 0 Å². The maximum Gasteiger partial charge on any atom is 0.358 e. The molecular formula is C9H15NO6P2S. The average molecular weight is 327 g/mol. The number of aryl methyl sites for hydroxylation is 1. The zero-order valence-corrected chi connectivity index (χ0v) is 12.6. The van der Waals surface area contributed by atoms with E-state index < -0.39 is 26.0 Å². The van der Waals surface area contributed by atoms with Crippen molar-refractivity contribution in [3.63, 3.8) is 0 Å². The summed E-state index contributed by atoms with van der Waals surface area (Å²) >= 11 is 0.880. The van der Waals surface area contributed by atoms with Gasteiger partial charge < -0.3 is 25.3 Å². The predicted octanol–water partition coefficient (Wildman–Crippen LogP) is 1.06. The van der Waals surface area contributed by atoms with Crippen molar-refractivity contribution in [3.8, 4) is 0 Å². The van der Waals surface area contributed by atoms with Crippen LogP contribution < -0.4 is 5.73 Å². The van der Waals surface area contributed by atoms with Gasteiger partial charge in [0.2, 0.25) is 5.02 Å². The lowest BCUT2D eigenvalue weighted by atomic mass is 10.2. The largest absolute Gasteiger partial charge is 0.358 e. The minimum Gasteiger partial charge on any atom is -0.323 e. The lowest BCUT2D eigenvalue weighted by Gasteiger charge is -2.30. The number of benzene rings is 1. The van der Waals surface area contributed by atoms with Crippen molar-refractivity contribution in [2.75, 3.05) is 5.75 Å². The smallest absolute Gasteiger partial charge is 0.323 e. The summed E-state index contributed by atoms with van der Waals surface area (Å²) in [6.45, 7) is 1.87. The lowest BCUT2D eigenvalue weighted by Crippen LogP contribution is -2.41. The summed E-state index contributed by atoms with van der Waals surface area (Å²) in [6, 6.07) is 6.91. The molecule has 1 aromatic rings. The molecule has 0 heterocycles. The van der Waals surface area contributed by atoms with E-state index in [4.69, 9.17) is 25.3 Å². The first-order valence-corrected chi connectivity index (χ1v) is 9.28. The molecule has 0 atom stereocenters. The molecule has 0 fully saturated rings. The predicted molar refractivity (Wildman–Crippen MR) is 72.9 cm³/mol. The van der Waals surface area contributed by atoms with Crippen molar-refractivity contribution in [2.45, 2.75) is 16.8 Å². The molecule has 1 rings (SSSR count). The van der Waals surface area contributed by atoms with Gasteiger partial charge in [0.15, 0.2) is 0 Å². The average Bonchev–Trinajstić information content (AvgIpc) is 2.24. The zero-order chi connectivity index (χ0) is 14.9. The van der Waals surface area contributed by atoms with Crippen LogP contribution in [0.3, 0.4) is 0 Å². The molecule has 1 aromatic carbocycles. The number of rotatable bonds is 5. The van der Waals surface area contributed by atoms with Crippen LogP contribution in [0.1, 0.15) is 5.56 Å². The fourth-order valence-corrected chi connectivity index (χ4v) is 4.96. The molecule has 0 aliphatic rings. The first-order chi connectivity index (χ1) is 8.47. The van der Waals surface area contributed by atoms with E-state index in [-0.39, 0.29) is 0 Å². The van der Waals surface area contributed by atoms with Gasteiger partial charge in [-0.3, -0.25) is 9.13 Å². The fourth-order valence-electron chi connectivity index (χ4n) is 1.16. The number of hydrogen-bond acceptors (Lipinski definition) is 4. The van der Waals surface area contributed by atoms with E-state index in [0.29, 0.717) is 4.90 Å². The Bertz CT molecular complexity index is 514. The van der Waals surface area contributed by atoms with Crippen LogP contribution in [0.4, 0.5) is 0 Å². The number of nitrogens with two attached hydrogens (primary N) is 1. The van der Waals surface area contributed by atoms with Gasteiger partial charge in [-0.05, 0) is 19.1 Å². The second kappa shape index (κ2) is 5.68. The van der Waals surface area contributed by atoms with Crippen LogP contribution in [0, 0.1) is 6.92 Å². The molecule has 0 saturated carbocycles. The molecule has 7 nitrogen and oxygen atoms in total. The molecule has 10 heteroatoms. The SMILES string of the molecule is Cc1ccc(SCC(N)(P(=O)(O)O)P(=O)(O)O)cc1. The van der Waals surface area contributed by atoms with Gasteiger partial charge in [-0.2, -0.15) is 0 Å². The normalized spacial score (nSPS) is 13.6. The van der Waals surface area contributed by atoms with Crippen LogP contribution in [0.5, 0.6) is 0 Å². The van der Waals surface area contributed by atoms with E-state index >= 15 is 0 Å². The Morgan fingerprint density at radius 2 is 1.53 bits per heavy atom. The Hall–Kier alpha value is -0.170. The molecule has 108 valence electrons. The molecule has 6 N–H and O–H groups in total. The maximum absolute atomic E-state index is 11.2. The van der Waals surface area contributed by atoms with Gasteiger partial charge in [-0.15, -0.1) is 11.8 Å². The van der Waals surface area contributed by atoms with Gasteiger partial charge in [0, 0.05) is 10.6 Å². The second-order valence-corrected chi connectivity index (χ2v) is 9.24. The van der Waals surface area contributed by atoms with Crippen molar-refractivity contribution >= 4 is 27.0 Å². The van der Waals surface area contributed by atoms with Crippen molar-refractivity contribution < 1.29 is 28.7 Å². The summed E-state index contributed by atoms with van der Waals surface area (Å²) in [5.41, 5.74) is 6.28. The standard InChI is InChI=1S/C9H15NO6P2S/c1-7-2-4-8(5-3-7)19-6-9(10,17(11,12)13)18(14,15)16/h2-5H,6,10H2,1H3,(H2,11,12,13)(H2,14,15,16). The molecule has 0 amide bonds. The summed E-state index contributed by atoms with van der Waals surface area (Å²) in [5, 5.41) is -2.88. The van der Waals surface area contributed by atoms with E-state index in [1.54, 1.807) is 24.3 Å². The Balaban J connectivity index is 2.96. The minimum atomic E-state index is -5.16. The first-order valence-electron chi connectivity index (χ1n) is 5.07. The van der Waals surface area contributed by atoms with Gasteiger partial charge >= 0.3 is 15.2 Å². The highest BCUT2D eigenvalue weighted by Gasteiger charge is 2.57. The molecule has 0 radical (unpaired) electrons. The molecule has 0 unspecified atom stereocenters. The first kappa shape index (κ1) is 16.9. The van der Waals surface area contributed by atoms with Crippen LogP contribution in [-0.2, 0) is 9.13 Å². The van der Waals surface area contributed by atoms with Gasteiger partial charge in [-0.1, -0.05) is 17.7 Å². The van der Waals surface area contributed by atoms with E-state index in [9.17, 15) is 9.13 Å². The Morgan fingerprint density at radius 3 is 1.89 bits per heavy atom. The Labute approximate surface area is 114 Å². The third-order valence-corrected chi connectivity index (χ3v) is 8.01. The summed E-state index contributed by atoms with van der Waals surface area (Å²) in [5.74, 6) is -0.593. The monoisotopic (exact) mass is 327 g/mol.